The molecule has 0 amide bonds. The molecule has 0 radical (unpaired) electrons. The lowest BCUT2D eigenvalue weighted by Crippen LogP contribution is -2.47. The smallest absolute Gasteiger partial charge is 0.395 e. The number of aliphatic hydroxyl groups excluding tert-OH is 1. The Kier molecular flexibility index (Phi) is 5.97. The van der Waals surface area contributed by atoms with Crippen molar-refractivity contribution in [3.8, 4) is 22.4 Å². The molecule has 1 N–H and O–H groups in total. The molecule has 1 saturated heterocycles. The van der Waals surface area contributed by atoms with Gasteiger partial charge in [-0.1, -0.05) is 60.7 Å². The average Bonchev–Trinajstić information content (AvgIpc) is 3.26. The van der Waals surface area contributed by atoms with E-state index in [1.165, 1.54) is 4.52 Å². The van der Waals surface area contributed by atoms with Crippen LogP contribution < -0.4 is 4.90 Å². The van der Waals surface area contributed by atoms with Crippen LogP contribution in [0.5, 0.6) is 0 Å². The zero-order valence-corrected chi connectivity index (χ0v) is 18.4. The number of anilines is 1. The fraction of sp³-hybridized carbons (Fsp3) is 0.280. The van der Waals surface area contributed by atoms with Gasteiger partial charge in [0.15, 0.2) is 11.3 Å². The third-order valence-electron chi connectivity index (χ3n) is 6.08. The molecule has 0 spiro atoms. The molecule has 6 nitrogen and oxygen atoms in total. The number of hydrogen-bond donors (Lipinski definition) is 1. The van der Waals surface area contributed by atoms with Gasteiger partial charge >= 0.3 is 6.18 Å². The van der Waals surface area contributed by atoms with Gasteiger partial charge in [0.05, 0.1) is 17.9 Å². The third kappa shape index (κ3) is 4.24. The van der Waals surface area contributed by atoms with Crippen LogP contribution in [-0.2, 0) is 6.18 Å². The zero-order chi connectivity index (χ0) is 23.7. The lowest BCUT2D eigenvalue weighted by atomic mass is 10.1. The number of aliphatic hydroxyl groups is 1. The van der Waals surface area contributed by atoms with Gasteiger partial charge in [-0.2, -0.15) is 22.8 Å². The second-order valence-electron chi connectivity index (χ2n) is 8.24. The van der Waals surface area contributed by atoms with E-state index in [2.05, 4.69) is 15.0 Å². The van der Waals surface area contributed by atoms with Crippen molar-refractivity contribution in [1.82, 2.24) is 19.5 Å². The highest BCUT2D eigenvalue weighted by Crippen LogP contribution is 2.40. The van der Waals surface area contributed by atoms with E-state index >= 15 is 0 Å². The fourth-order valence-corrected chi connectivity index (χ4v) is 4.40. The van der Waals surface area contributed by atoms with Crippen molar-refractivity contribution >= 4 is 11.5 Å². The van der Waals surface area contributed by atoms with Crippen molar-refractivity contribution in [3.05, 3.63) is 72.4 Å². The maximum atomic E-state index is 14.2. The molecule has 1 aliphatic rings. The normalized spacial score (nSPS) is 15.2. The SMILES string of the molecule is OCCN1CCN(c2cc(-c3ccccc3)nc3c(-c4ccccc4)c(C(F)(F)F)nn23)CC1. The van der Waals surface area contributed by atoms with Crippen molar-refractivity contribution in [1.29, 1.82) is 0 Å². The average molecular weight is 467 g/mol. The van der Waals surface area contributed by atoms with Crippen LogP contribution in [0.3, 0.4) is 0 Å². The molecular formula is C25H24F3N5O. The second kappa shape index (κ2) is 9.08. The molecule has 5 rings (SSSR count). The van der Waals surface area contributed by atoms with Gasteiger partial charge in [-0.25, -0.2) is 4.98 Å². The van der Waals surface area contributed by atoms with Gasteiger partial charge in [-0.15, -0.1) is 0 Å². The van der Waals surface area contributed by atoms with E-state index < -0.39 is 11.9 Å². The maximum Gasteiger partial charge on any atom is 0.435 e. The second-order valence-corrected chi connectivity index (χ2v) is 8.24. The highest BCUT2D eigenvalue weighted by molar-refractivity contribution is 5.83. The molecule has 0 bridgehead atoms. The van der Waals surface area contributed by atoms with Gasteiger partial charge in [0, 0.05) is 44.4 Å². The molecule has 9 heteroatoms. The Morgan fingerprint density at radius 2 is 1.47 bits per heavy atom. The summed E-state index contributed by atoms with van der Waals surface area (Å²) in [6.45, 7) is 3.26. The highest BCUT2D eigenvalue weighted by atomic mass is 19.4. The first kappa shape index (κ1) is 22.4. The molecule has 0 unspecified atom stereocenters. The summed E-state index contributed by atoms with van der Waals surface area (Å²) >= 11 is 0. The Morgan fingerprint density at radius 3 is 2.06 bits per heavy atom. The summed E-state index contributed by atoms with van der Waals surface area (Å²) in [7, 11) is 0. The number of hydrogen-bond acceptors (Lipinski definition) is 5. The van der Waals surface area contributed by atoms with Gasteiger partial charge in [0.1, 0.15) is 5.82 Å². The summed E-state index contributed by atoms with van der Waals surface area (Å²) in [6.07, 6.45) is -4.64. The minimum Gasteiger partial charge on any atom is -0.395 e. The molecule has 0 saturated carbocycles. The van der Waals surface area contributed by atoms with Crippen LogP contribution in [0.2, 0.25) is 0 Å². The number of β-amino-alcohol motifs (C(OH)–C–C–N with tert-alkyl or cyclic N) is 1. The Bertz CT molecular complexity index is 1270. The van der Waals surface area contributed by atoms with Crippen molar-refractivity contribution < 1.29 is 18.3 Å². The van der Waals surface area contributed by atoms with E-state index in [0.29, 0.717) is 49.8 Å². The Balaban J connectivity index is 1.73. The number of fused-ring (bicyclic) bond motifs is 1. The van der Waals surface area contributed by atoms with Crippen molar-refractivity contribution in [2.45, 2.75) is 6.18 Å². The van der Waals surface area contributed by atoms with Crippen LogP contribution in [0, 0.1) is 0 Å². The summed E-state index contributed by atoms with van der Waals surface area (Å²) in [5, 5.41) is 13.3. The molecular weight excluding hydrogens is 443 g/mol. The maximum absolute atomic E-state index is 14.2. The monoisotopic (exact) mass is 467 g/mol. The van der Waals surface area contributed by atoms with Crippen LogP contribution in [0.1, 0.15) is 5.69 Å². The number of benzene rings is 2. The lowest BCUT2D eigenvalue weighted by molar-refractivity contribution is -0.140. The van der Waals surface area contributed by atoms with E-state index in [0.717, 1.165) is 5.56 Å². The zero-order valence-electron chi connectivity index (χ0n) is 18.4. The van der Waals surface area contributed by atoms with Crippen LogP contribution in [-0.4, -0.2) is 63.9 Å². The van der Waals surface area contributed by atoms with Gasteiger partial charge in [-0.3, -0.25) is 4.90 Å². The molecule has 2 aromatic heterocycles. The predicted octanol–water partition coefficient (Wildman–Crippen LogP) is 4.20. The molecule has 1 fully saturated rings. The fourth-order valence-electron chi connectivity index (χ4n) is 4.40. The van der Waals surface area contributed by atoms with Gasteiger partial charge < -0.3 is 10.0 Å². The van der Waals surface area contributed by atoms with Gasteiger partial charge in [-0.05, 0) is 5.56 Å². The van der Waals surface area contributed by atoms with Crippen LogP contribution in [0.4, 0.5) is 19.0 Å². The van der Waals surface area contributed by atoms with Gasteiger partial charge in [0.2, 0.25) is 0 Å². The molecule has 0 aliphatic carbocycles. The van der Waals surface area contributed by atoms with Crippen LogP contribution in [0.15, 0.2) is 66.7 Å². The summed E-state index contributed by atoms with van der Waals surface area (Å²) < 4.78 is 43.8. The molecule has 3 heterocycles. The van der Waals surface area contributed by atoms with Crippen LogP contribution in [0.25, 0.3) is 28.0 Å². The Morgan fingerprint density at radius 1 is 0.853 bits per heavy atom. The number of alkyl halides is 3. The number of piperazine rings is 1. The minimum absolute atomic E-state index is 0.0222. The van der Waals surface area contributed by atoms with Gasteiger partial charge in [0.25, 0.3) is 0 Å². The number of rotatable bonds is 5. The summed E-state index contributed by atoms with van der Waals surface area (Å²) in [6, 6.07) is 19.7. The van der Waals surface area contributed by atoms with Crippen molar-refractivity contribution in [3.63, 3.8) is 0 Å². The first-order valence-corrected chi connectivity index (χ1v) is 11.2. The number of nitrogens with zero attached hydrogens (tertiary/aromatic N) is 5. The Hall–Kier alpha value is -3.43. The minimum atomic E-state index is -4.64. The number of aromatic nitrogens is 3. The standard InChI is InChI=1S/C25H24F3N5O/c26-25(27,28)23-22(19-9-5-2-6-10-19)24-29-20(18-7-3-1-4-8-18)17-21(33(24)30-23)32-13-11-31(12-14-32)15-16-34/h1-10,17,34H,11-16H2. The number of halogens is 3. The molecule has 176 valence electrons. The predicted molar refractivity (Wildman–Crippen MR) is 125 cm³/mol. The summed E-state index contributed by atoms with van der Waals surface area (Å²) in [4.78, 5) is 8.86. The van der Waals surface area contributed by atoms with Crippen molar-refractivity contribution in [2.24, 2.45) is 0 Å². The van der Waals surface area contributed by atoms with E-state index in [1.54, 1.807) is 30.3 Å². The molecule has 1 aliphatic heterocycles. The summed E-state index contributed by atoms with van der Waals surface area (Å²) in [5.41, 5.74) is 1.03. The van der Waals surface area contributed by atoms with Crippen LogP contribution >= 0.6 is 0 Å². The van der Waals surface area contributed by atoms with Crippen molar-refractivity contribution in [2.75, 3.05) is 44.2 Å². The largest absolute Gasteiger partial charge is 0.435 e. The lowest BCUT2D eigenvalue weighted by Gasteiger charge is -2.35. The van der Waals surface area contributed by atoms with E-state index in [1.807, 2.05) is 41.3 Å². The van der Waals surface area contributed by atoms with E-state index in [4.69, 9.17) is 0 Å². The first-order chi connectivity index (χ1) is 16.5. The summed E-state index contributed by atoms with van der Waals surface area (Å²) in [5.74, 6) is 0.570. The molecule has 4 aromatic rings. The van der Waals surface area contributed by atoms with E-state index in [9.17, 15) is 18.3 Å². The first-order valence-electron chi connectivity index (χ1n) is 11.2. The quantitative estimate of drug-likeness (QED) is 0.477. The molecule has 0 atom stereocenters. The topological polar surface area (TPSA) is 56.9 Å². The molecule has 2 aromatic carbocycles. The highest BCUT2D eigenvalue weighted by Gasteiger charge is 2.39. The Labute approximate surface area is 194 Å². The third-order valence-corrected chi connectivity index (χ3v) is 6.08. The molecule has 34 heavy (non-hydrogen) atoms. The van der Waals surface area contributed by atoms with E-state index in [-0.39, 0.29) is 17.8 Å².